The molecule has 2 rings (SSSR count). The second-order valence-corrected chi connectivity index (χ2v) is 5.58. The zero-order chi connectivity index (χ0) is 16.1. The monoisotopic (exact) mass is 318 g/mol. The number of esters is 1. The minimum atomic E-state index is -0.267. The largest absolute Gasteiger partial charge is 0.487 e. The van der Waals surface area contributed by atoms with Crippen LogP contribution in [0.25, 0.3) is 0 Å². The van der Waals surface area contributed by atoms with Gasteiger partial charge in [-0.1, -0.05) is 35.9 Å². The molecule has 2 aromatic carbocycles. The van der Waals surface area contributed by atoms with Crippen LogP contribution in [0, 0.1) is 13.8 Å². The minimum absolute atomic E-state index is 0.233. The first-order valence-electron chi connectivity index (χ1n) is 7.04. The van der Waals surface area contributed by atoms with Crippen molar-refractivity contribution in [3.8, 4) is 5.75 Å². The lowest BCUT2D eigenvalue weighted by molar-refractivity contribution is -0.139. The van der Waals surface area contributed by atoms with Crippen molar-refractivity contribution in [1.29, 1.82) is 0 Å². The molecule has 0 atom stereocenters. The Hall–Kier alpha value is -2.00. The molecule has 0 radical (unpaired) electrons. The number of carbonyl (C=O) groups excluding carboxylic acids is 1. The zero-order valence-corrected chi connectivity index (χ0v) is 13.7. The van der Waals surface area contributed by atoms with Crippen molar-refractivity contribution in [3.05, 3.63) is 63.7 Å². The van der Waals surface area contributed by atoms with Gasteiger partial charge in [-0.2, -0.15) is 0 Å². The number of rotatable bonds is 5. The Morgan fingerprint density at radius 1 is 1.09 bits per heavy atom. The molecule has 0 fully saturated rings. The van der Waals surface area contributed by atoms with Crippen molar-refractivity contribution in [2.75, 3.05) is 7.11 Å². The molecule has 0 aliphatic rings. The van der Waals surface area contributed by atoms with Gasteiger partial charge in [-0.05, 0) is 48.2 Å². The molecule has 0 unspecified atom stereocenters. The second kappa shape index (κ2) is 7.32. The molecule has 0 aliphatic heterocycles. The van der Waals surface area contributed by atoms with Crippen LogP contribution in [-0.4, -0.2) is 13.1 Å². The van der Waals surface area contributed by atoms with Crippen LogP contribution in [0.15, 0.2) is 36.4 Å². The van der Waals surface area contributed by atoms with Gasteiger partial charge in [-0.15, -0.1) is 0 Å². The van der Waals surface area contributed by atoms with Gasteiger partial charge in [0.2, 0.25) is 0 Å². The third-order valence-corrected chi connectivity index (χ3v) is 3.91. The van der Waals surface area contributed by atoms with Gasteiger partial charge in [-0.25, -0.2) is 0 Å². The number of ether oxygens (including phenoxy) is 2. The molecule has 4 heteroatoms. The molecule has 0 aromatic heterocycles. The van der Waals surface area contributed by atoms with Crippen LogP contribution in [0.4, 0.5) is 0 Å². The first kappa shape index (κ1) is 16.4. The van der Waals surface area contributed by atoms with E-state index in [9.17, 15) is 4.79 Å². The van der Waals surface area contributed by atoms with Crippen LogP contribution in [0.3, 0.4) is 0 Å². The first-order valence-corrected chi connectivity index (χ1v) is 7.42. The van der Waals surface area contributed by atoms with Crippen LogP contribution >= 0.6 is 11.6 Å². The maximum absolute atomic E-state index is 11.5. The average Bonchev–Trinajstić information content (AvgIpc) is 2.50. The Labute approximate surface area is 135 Å². The van der Waals surface area contributed by atoms with E-state index in [2.05, 4.69) is 0 Å². The van der Waals surface area contributed by atoms with Gasteiger partial charge in [-0.3, -0.25) is 4.79 Å². The lowest BCUT2D eigenvalue weighted by Gasteiger charge is -2.13. The third-order valence-electron chi connectivity index (χ3n) is 3.61. The second-order valence-electron chi connectivity index (χ2n) is 5.18. The van der Waals surface area contributed by atoms with E-state index in [0.717, 1.165) is 22.3 Å². The van der Waals surface area contributed by atoms with Crippen LogP contribution in [-0.2, 0) is 22.6 Å². The van der Waals surface area contributed by atoms with Gasteiger partial charge >= 0.3 is 5.97 Å². The van der Waals surface area contributed by atoms with Gasteiger partial charge in [0.15, 0.2) is 0 Å². The summed E-state index contributed by atoms with van der Waals surface area (Å²) in [6.45, 7) is 4.38. The molecule has 0 aliphatic carbocycles. The van der Waals surface area contributed by atoms with E-state index in [1.165, 1.54) is 7.11 Å². The Morgan fingerprint density at radius 2 is 1.73 bits per heavy atom. The Kier molecular flexibility index (Phi) is 5.45. The van der Waals surface area contributed by atoms with Crippen molar-refractivity contribution in [3.63, 3.8) is 0 Å². The zero-order valence-electron chi connectivity index (χ0n) is 13.0. The molecule has 0 amide bonds. The SMILES string of the molecule is COC(=O)Cc1ccccc1COc1cc(C)c(C)cc1Cl. The summed E-state index contributed by atoms with van der Waals surface area (Å²) >= 11 is 6.22. The Balaban J connectivity index is 2.15. The molecule has 0 saturated carbocycles. The molecule has 0 spiro atoms. The van der Waals surface area contributed by atoms with E-state index in [1.54, 1.807) is 0 Å². The van der Waals surface area contributed by atoms with E-state index in [-0.39, 0.29) is 12.4 Å². The summed E-state index contributed by atoms with van der Waals surface area (Å²) in [6.07, 6.45) is 0.233. The minimum Gasteiger partial charge on any atom is -0.487 e. The molecule has 2 aromatic rings. The average molecular weight is 319 g/mol. The number of carbonyl (C=O) groups is 1. The quantitative estimate of drug-likeness (QED) is 0.773. The fourth-order valence-corrected chi connectivity index (χ4v) is 2.39. The number of halogens is 1. The normalized spacial score (nSPS) is 10.4. The molecular weight excluding hydrogens is 300 g/mol. The maximum atomic E-state index is 11.5. The topological polar surface area (TPSA) is 35.5 Å². The van der Waals surface area contributed by atoms with Crippen LogP contribution < -0.4 is 4.74 Å². The van der Waals surface area contributed by atoms with Gasteiger partial charge in [0, 0.05) is 0 Å². The van der Waals surface area contributed by atoms with Crippen LogP contribution in [0.5, 0.6) is 5.75 Å². The van der Waals surface area contributed by atoms with E-state index in [4.69, 9.17) is 21.1 Å². The summed E-state index contributed by atoms with van der Waals surface area (Å²) in [4.78, 5) is 11.5. The molecule has 0 saturated heterocycles. The summed E-state index contributed by atoms with van der Waals surface area (Å²) in [5.41, 5.74) is 4.10. The van der Waals surface area contributed by atoms with Gasteiger partial charge in [0.25, 0.3) is 0 Å². The van der Waals surface area contributed by atoms with E-state index in [0.29, 0.717) is 17.4 Å². The number of benzene rings is 2. The summed E-state index contributed by atoms with van der Waals surface area (Å²) in [6, 6.07) is 11.5. The third kappa shape index (κ3) is 4.01. The molecule has 0 bridgehead atoms. The smallest absolute Gasteiger partial charge is 0.309 e. The highest BCUT2D eigenvalue weighted by molar-refractivity contribution is 6.32. The van der Waals surface area contributed by atoms with E-state index in [1.807, 2.05) is 50.2 Å². The van der Waals surface area contributed by atoms with Crippen molar-refractivity contribution in [2.45, 2.75) is 26.9 Å². The summed E-state index contributed by atoms with van der Waals surface area (Å²) in [7, 11) is 1.39. The Bertz CT molecular complexity index is 680. The highest BCUT2D eigenvalue weighted by atomic mass is 35.5. The Morgan fingerprint density at radius 3 is 2.41 bits per heavy atom. The fourth-order valence-electron chi connectivity index (χ4n) is 2.12. The van der Waals surface area contributed by atoms with Crippen molar-refractivity contribution >= 4 is 17.6 Å². The van der Waals surface area contributed by atoms with Gasteiger partial charge < -0.3 is 9.47 Å². The van der Waals surface area contributed by atoms with Crippen LogP contribution in [0.1, 0.15) is 22.3 Å². The predicted octanol–water partition coefficient (Wildman–Crippen LogP) is 4.25. The summed E-state index contributed by atoms with van der Waals surface area (Å²) in [5.74, 6) is 0.384. The molecule has 116 valence electrons. The van der Waals surface area contributed by atoms with Crippen molar-refractivity contribution < 1.29 is 14.3 Å². The first-order chi connectivity index (χ1) is 10.5. The molecule has 22 heavy (non-hydrogen) atoms. The summed E-state index contributed by atoms with van der Waals surface area (Å²) < 4.78 is 10.5. The maximum Gasteiger partial charge on any atom is 0.309 e. The van der Waals surface area contributed by atoms with E-state index >= 15 is 0 Å². The van der Waals surface area contributed by atoms with Crippen LogP contribution in [0.2, 0.25) is 5.02 Å². The van der Waals surface area contributed by atoms with Crippen molar-refractivity contribution in [1.82, 2.24) is 0 Å². The molecule has 3 nitrogen and oxygen atoms in total. The number of aryl methyl sites for hydroxylation is 2. The number of hydrogen-bond acceptors (Lipinski definition) is 3. The van der Waals surface area contributed by atoms with Gasteiger partial charge in [0.05, 0.1) is 18.6 Å². The highest BCUT2D eigenvalue weighted by Crippen LogP contribution is 2.28. The standard InChI is InChI=1S/C18H19ClO3/c1-12-8-16(19)17(9-13(12)2)22-11-15-7-5-4-6-14(15)10-18(20)21-3/h4-9H,10-11H2,1-3H3. The predicted molar refractivity (Wildman–Crippen MR) is 87.4 cm³/mol. The highest BCUT2D eigenvalue weighted by Gasteiger charge is 2.10. The fraction of sp³-hybridized carbons (Fsp3) is 0.278. The van der Waals surface area contributed by atoms with Crippen molar-refractivity contribution in [2.24, 2.45) is 0 Å². The lowest BCUT2D eigenvalue weighted by Crippen LogP contribution is -2.08. The lowest BCUT2D eigenvalue weighted by atomic mass is 10.1. The molecular formula is C18H19ClO3. The summed E-state index contributed by atoms with van der Waals surface area (Å²) in [5, 5.41) is 0.591. The molecule has 0 N–H and O–H groups in total. The molecule has 0 heterocycles. The van der Waals surface area contributed by atoms with E-state index < -0.39 is 0 Å². The number of hydrogen-bond donors (Lipinski definition) is 0. The van der Waals surface area contributed by atoms with Gasteiger partial charge in [0.1, 0.15) is 12.4 Å². The number of methoxy groups -OCH3 is 1.